The first-order valence-corrected chi connectivity index (χ1v) is 3.78. The molecule has 1 atom stereocenters. The molecule has 1 unspecified atom stereocenters. The second-order valence-electron chi connectivity index (χ2n) is 2.50. The Labute approximate surface area is 63.5 Å². The molecule has 0 bridgehead atoms. The topological polar surface area (TPSA) is 38.0 Å². The summed E-state index contributed by atoms with van der Waals surface area (Å²) >= 11 is 0. The molecule has 2 heteroatoms. The van der Waals surface area contributed by atoms with Gasteiger partial charge in [0.15, 0.2) is 0 Å². The van der Waals surface area contributed by atoms with Crippen LogP contribution < -0.4 is 11.1 Å². The maximum absolute atomic E-state index is 5.34. The van der Waals surface area contributed by atoms with Crippen LogP contribution in [0.15, 0.2) is 11.6 Å². The predicted molar refractivity (Wildman–Crippen MR) is 46.0 cm³/mol. The first-order valence-electron chi connectivity index (χ1n) is 3.78. The van der Waals surface area contributed by atoms with Crippen molar-refractivity contribution in [2.45, 2.75) is 26.8 Å². The molecule has 0 saturated heterocycles. The van der Waals surface area contributed by atoms with Crippen molar-refractivity contribution in [2.75, 3.05) is 13.1 Å². The van der Waals surface area contributed by atoms with E-state index in [0.29, 0.717) is 12.6 Å². The van der Waals surface area contributed by atoms with Crippen LogP contribution in [0.4, 0.5) is 0 Å². The van der Waals surface area contributed by atoms with E-state index in [0.717, 1.165) is 6.54 Å². The van der Waals surface area contributed by atoms with E-state index in [1.165, 1.54) is 5.57 Å². The molecule has 0 aliphatic rings. The smallest absolute Gasteiger partial charge is 0.0248 e. The summed E-state index contributed by atoms with van der Waals surface area (Å²) in [6.45, 7) is 7.92. The van der Waals surface area contributed by atoms with Crippen molar-refractivity contribution in [2.24, 2.45) is 5.73 Å². The number of allylic oxidation sites excluding steroid dienone is 1. The summed E-state index contributed by atoms with van der Waals surface area (Å²) in [5.74, 6) is 0. The lowest BCUT2D eigenvalue weighted by Crippen LogP contribution is -2.31. The molecular formula is C8H18N2. The second-order valence-corrected chi connectivity index (χ2v) is 2.50. The van der Waals surface area contributed by atoms with Gasteiger partial charge in [-0.25, -0.2) is 0 Å². The third-order valence-electron chi connectivity index (χ3n) is 1.73. The van der Waals surface area contributed by atoms with Gasteiger partial charge in [0.25, 0.3) is 0 Å². The zero-order valence-corrected chi connectivity index (χ0v) is 7.15. The SMILES string of the molecule is C/C=C(\C)C(C)NCCN. The van der Waals surface area contributed by atoms with Crippen molar-refractivity contribution in [1.29, 1.82) is 0 Å². The molecule has 0 aromatic rings. The van der Waals surface area contributed by atoms with Crippen molar-refractivity contribution in [3.8, 4) is 0 Å². The Morgan fingerprint density at radius 3 is 2.70 bits per heavy atom. The highest BCUT2D eigenvalue weighted by Gasteiger charge is 1.99. The van der Waals surface area contributed by atoms with Crippen LogP contribution >= 0.6 is 0 Å². The van der Waals surface area contributed by atoms with Crippen LogP contribution in [-0.2, 0) is 0 Å². The van der Waals surface area contributed by atoms with Gasteiger partial charge < -0.3 is 11.1 Å². The van der Waals surface area contributed by atoms with Gasteiger partial charge in [-0.05, 0) is 20.8 Å². The fourth-order valence-electron chi connectivity index (χ4n) is 0.711. The Morgan fingerprint density at radius 1 is 1.70 bits per heavy atom. The summed E-state index contributed by atoms with van der Waals surface area (Å²) in [6.07, 6.45) is 2.12. The van der Waals surface area contributed by atoms with E-state index >= 15 is 0 Å². The fraction of sp³-hybridized carbons (Fsp3) is 0.750. The number of hydrogen-bond donors (Lipinski definition) is 2. The van der Waals surface area contributed by atoms with Gasteiger partial charge in [0.1, 0.15) is 0 Å². The first kappa shape index (κ1) is 9.66. The lowest BCUT2D eigenvalue weighted by molar-refractivity contribution is 0.614. The van der Waals surface area contributed by atoms with E-state index < -0.39 is 0 Å². The van der Waals surface area contributed by atoms with Gasteiger partial charge in [-0.15, -0.1) is 0 Å². The Morgan fingerprint density at radius 2 is 2.30 bits per heavy atom. The van der Waals surface area contributed by atoms with Gasteiger partial charge in [-0.3, -0.25) is 0 Å². The molecule has 60 valence electrons. The Bertz CT molecular complexity index is 108. The van der Waals surface area contributed by atoms with E-state index in [1.807, 2.05) is 0 Å². The van der Waals surface area contributed by atoms with Gasteiger partial charge >= 0.3 is 0 Å². The maximum atomic E-state index is 5.34. The largest absolute Gasteiger partial charge is 0.329 e. The minimum atomic E-state index is 0.466. The molecule has 3 N–H and O–H groups in total. The van der Waals surface area contributed by atoms with Crippen molar-refractivity contribution in [1.82, 2.24) is 5.32 Å². The summed E-state index contributed by atoms with van der Waals surface area (Å²) in [4.78, 5) is 0. The molecule has 0 fully saturated rings. The fourth-order valence-corrected chi connectivity index (χ4v) is 0.711. The van der Waals surface area contributed by atoms with E-state index in [1.54, 1.807) is 0 Å². The molecule has 0 rings (SSSR count). The second kappa shape index (κ2) is 5.45. The highest BCUT2D eigenvalue weighted by Crippen LogP contribution is 1.97. The molecule has 0 aliphatic heterocycles. The van der Waals surface area contributed by atoms with Crippen molar-refractivity contribution in [3.63, 3.8) is 0 Å². The number of hydrogen-bond acceptors (Lipinski definition) is 2. The van der Waals surface area contributed by atoms with Crippen molar-refractivity contribution < 1.29 is 0 Å². The molecule has 0 amide bonds. The van der Waals surface area contributed by atoms with Crippen LogP contribution in [-0.4, -0.2) is 19.1 Å². The summed E-state index contributed by atoms with van der Waals surface area (Å²) in [6, 6.07) is 0.466. The van der Waals surface area contributed by atoms with Crippen LogP contribution in [0, 0.1) is 0 Å². The molecule has 0 heterocycles. The van der Waals surface area contributed by atoms with Crippen molar-refractivity contribution in [3.05, 3.63) is 11.6 Å². The predicted octanol–water partition coefficient (Wildman–Crippen LogP) is 0.889. The van der Waals surface area contributed by atoms with Gasteiger partial charge in [0.2, 0.25) is 0 Å². The Kier molecular flexibility index (Phi) is 5.26. The van der Waals surface area contributed by atoms with E-state index in [2.05, 4.69) is 32.2 Å². The first-order chi connectivity index (χ1) is 4.72. The molecule has 0 aromatic heterocycles. The normalized spacial score (nSPS) is 15.4. The van der Waals surface area contributed by atoms with Crippen LogP contribution in [0.1, 0.15) is 20.8 Å². The maximum Gasteiger partial charge on any atom is 0.0248 e. The van der Waals surface area contributed by atoms with E-state index in [9.17, 15) is 0 Å². The average Bonchev–Trinajstić information content (AvgIpc) is 1.98. The molecule has 0 spiro atoms. The Balaban J connectivity index is 3.51. The molecule has 2 nitrogen and oxygen atoms in total. The molecule has 0 aliphatic carbocycles. The van der Waals surface area contributed by atoms with Gasteiger partial charge in [0.05, 0.1) is 0 Å². The van der Waals surface area contributed by atoms with Gasteiger partial charge in [0, 0.05) is 19.1 Å². The van der Waals surface area contributed by atoms with Crippen LogP contribution in [0.25, 0.3) is 0 Å². The average molecular weight is 142 g/mol. The van der Waals surface area contributed by atoms with E-state index in [4.69, 9.17) is 5.73 Å². The zero-order valence-electron chi connectivity index (χ0n) is 7.15. The monoisotopic (exact) mass is 142 g/mol. The van der Waals surface area contributed by atoms with Gasteiger partial charge in [-0.2, -0.15) is 0 Å². The number of nitrogens with two attached hydrogens (primary N) is 1. The zero-order chi connectivity index (χ0) is 7.98. The summed E-state index contributed by atoms with van der Waals surface area (Å²) < 4.78 is 0. The highest BCUT2D eigenvalue weighted by molar-refractivity contribution is 5.04. The lowest BCUT2D eigenvalue weighted by Gasteiger charge is -2.12. The lowest BCUT2D eigenvalue weighted by atomic mass is 10.1. The Hall–Kier alpha value is -0.340. The highest BCUT2D eigenvalue weighted by atomic mass is 14.9. The third-order valence-corrected chi connectivity index (χ3v) is 1.73. The molecular weight excluding hydrogens is 124 g/mol. The summed E-state index contributed by atoms with van der Waals surface area (Å²) in [5.41, 5.74) is 6.71. The van der Waals surface area contributed by atoms with E-state index in [-0.39, 0.29) is 0 Å². The van der Waals surface area contributed by atoms with Crippen molar-refractivity contribution >= 4 is 0 Å². The van der Waals surface area contributed by atoms with Gasteiger partial charge in [-0.1, -0.05) is 11.6 Å². The third kappa shape index (κ3) is 3.64. The number of rotatable bonds is 4. The van der Waals surface area contributed by atoms with Crippen LogP contribution in [0.5, 0.6) is 0 Å². The van der Waals surface area contributed by atoms with Crippen LogP contribution in [0.3, 0.4) is 0 Å². The van der Waals surface area contributed by atoms with Crippen LogP contribution in [0.2, 0.25) is 0 Å². The minimum Gasteiger partial charge on any atom is -0.329 e. The molecule has 0 aromatic carbocycles. The molecule has 0 radical (unpaired) electrons. The minimum absolute atomic E-state index is 0.466. The number of nitrogens with one attached hydrogen (secondary N) is 1. The molecule has 10 heavy (non-hydrogen) atoms. The standard InChI is InChI=1S/C8H18N2/c1-4-7(2)8(3)10-6-5-9/h4,8,10H,5-6,9H2,1-3H3/b7-4+. The summed E-state index contributed by atoms with van der Waals surface area (Å²) in [5, 5.41) is 3.29. The molecule has 0 saturated carbocycles. The summed E-state index contributed by atoms with van der Waals surface area (Å²) in [7, 11) is 0. The quantitative estimate of drug-likeness (QED) is 0.572.